The number of aryl methyl sites for hydroxylation is 1. The Morgan fingerprint density at radius 1 is 1.10 bits per heavy atom. The van der Waals surface area contributed by atoms with Gasteiger partial charge in [0.1, 0.15) is 0 Å². The van der Waals surface area contributed by atoms with E-state index in [-0.39, 0.29) is 24.9 Å². The van der Waals surface area contributed by atoms with Gasteiger partial charge in [-0.25, -0.2) is 4.79 Å². The van der Waals surface area contributed by atoms with Gasteiger partial charge in [-0.2, -0.15) is 0 Å². The first kappa shape index (κ1) is 20.9. The van der Waals surface area contributed by atoms with E-state index >= 15 is 0 Å². The van der Waals surface area contributed by atoms with Gasteiger partial charge in [0.2, 0.25) is 5.91 Å². The molecular formula is C21H26BN3O4. The van der Waals surface area contributed by atoms with E-state index in [1.165, 1.54) is 0 Å². The Kier molecular flexibility index (Phi) is 6.90. The first-order valence-electron chi connectivity index (χ1n) is 9.76. The molecule has 0 saturated carbocycles. The summed E-state index contributed by atoms with van der Waals surface area (Å²) >= 11 is 0. The van der Waals surface area contributed by atoms with E-state index in [4.69, 9.17) is 0 Å². The van der Waals surface area contributed by atoms with Crippen LogP contribution in [0.2, 0.25) is 0 Å². The highest BCUT2D eigenvalue weighted by atomic mass is 16.4. The normalized spacial score (nSPS) is 14.8. The summed E-state index contributed by atoms with van der Waals surface area (Å²) in [6, 6.07) is 17.0. The molecule has 1 heterocycles. The molecule has 152 valence electrons. The van der Waals surface area contributed by atoms with Crippen LogP contribution in [-0.4, -0.2) is 59.6 Å². The number of carbonyl (C=O) groups is 2. The van der Waals surface area contributed by atoms with Crippen LogP contribution in [0.5, 0.6) is 0 Å². The fraction of sp³-hybridized carbons (Fsp3) is 0.333. The van der Waals surface area contributed by atoms with Crippen LogP contribution in [0.4, 0.5) is 10.5 Å². The topological polar surface area (TPSA) is 93.1 Å². The Morgan fingerprint density at radius 2 is 1.79 bits per heavy atom. The van der Waals surface area contributed by atoms with E-state index in [1.807, 2.05) is 61.5 Å². The van der Waals surface area contributed by atoms with Crippen LogP contribution in [0.1, 0.15) is 17.5 Å². The van der Waals surface area contributed by atoms with E-state index < -0.39 is 13.1 Å². The molecule has 1 unspecified atom stereocenters. The van der Waals surface area contributed by atoms with Crippen molar-refractivity contribution in [1.82, 2.24) is 10.2 Å². The lowest BCUT2D eigenvalue weighted by Crippen LogP contribution is -2.48. The molecule has 1 fully saturated rings. The van der Waals surface area contributed by atoms with Gasteiger partial charge < -0.3 is 20.3 Å². The molecule has 2 aromatic rings. The summed E-state index contributed by atoms with van der Waals surface area (Å²) < 4.78 is 0. The van der Waals surface area contributed by atoms with Crippen LogP contribution in [0.25, 0.3) is 0 Å². The van der Waals surface area contributed by atoms with Crippen LogP contribution < -0.4 is 10.2 Å². The Hall–Kier alpha value is -2.84. The second-order valence-electron chi connectivity index (χ2n) is 7.28. The lowest BCUT2D eigenvalue weighted by Gasteiger charge is -2.20. The number of amides is 3. The largest absolute Gasteiger partial charge is 0.475 e. The minimum atomic E-state index is -1.66. The van der Waals surface area contributed by atoms with E-state index in [0.29, 0.717) is 19.5 Å². The smallest absolute Gasteiger partial charge is 0.426 e. The Morgan fingerprint density at radius 3 is 2.45 bits per heavy atom. The van der Waals surface area contributed by atoms with Crippen molar-refractivity contribution in [3.05, 3.63) is 65.7 Å². The van der Waals surface area contributed by atoms with Gasteiger partial charge >= 0.3 is 13.1 Å². The first-order chi connectivity index (χ1) is 13.9. The molecule has 3 rings (SSSR count). The fourth-order valence-electron chi connectivity index (χ4n) is 3.36. The molecule has 3 amide bonds. The van der Waals surface area contributed by atoms with Crippen LogP contribution in [-0.2, 0) is 11.2 Å². The van der Waals surface area contributed by atoms with Crippen molar-refractivity contribution in [1.29, 1.82) is 0 Å². The molecule has 0 aliphatic carbocycles. The molecule has 1 atom stereocenters. The number of nitrogens with one attached hydrogen (secondary N) is 1. The van der Waals surface area contributed by atoms with Gasteiger partial charge in [-0.15, -0.1) is 0 Å². The molecular weight excluding hydrogens is 369 g/mol. The van der Waals surface area contributed by atoms with Crippen LogP contribution >= 0.6 is 0 Å². The highest BCUT2D eigenvalue weighted by Gasteiger charge is 2.30. The van der Waals surface area contributed by atoms with Crippen LogP contribution in [0, 0.1) is 6.92 Å². The van der Waals surface area contributed by atoms with Gasteiger partial charge in [0.25, 0.3) is 0 Å². The van der Waals surface area contributed by atoms with Crippen molar-refractivity contribution in [2.45, 2.75) is 25.7 Å². The zero-order valence-electron chi connectivity index (χ0n) is 16.5. The summed E-state index contributed by atoms with van der Waals surface area (Å²) in [5, 5.41) is 21.9. The molecule has 1 saturated heterocycles. The predicted molar refractivity (Wildman–Crippen MR) is 112 cm³/mol. The number of carbonyl (C=O) groups excluding carboxylic acids is 2. The van der Waals surface area contributed by atoms with Gasteiger partial charge in [-0.05, 0) is 31.0 Å². The number of benzene rings is 2. The summed E-state index contributed by atoms with van der Waals surface area (Å²) in [5.41, 5.74) is 2.85. The molecule has 8 heteroatoms. The van der Waals surface area contributed by atoms with Gasteiger partial charge in [-0.1, -0.05) is 48.0 Å². The molecule has 0 bridgehead atoms. The average Bonchev–Trinajstić information content (AvgIpc) is 3.08. The number of hydrogen-bond acceptors (Lipinski definition) is 4. The van der Waals surface area contributed by atoms with E-state index in [2.05, 4.69) is 5.32 Å². The maximum Gasteiger partial charge on any atom is 0.475 e. The standard InChI is InChI=1S/C21H26BN3O4/c1-16-7-9-17(10-8-16)15-19(22(28)29)23-20(26)11-12-24-13-14-25(21(24)27)18-5-3-2-4-6-18/h2-10,19,28-29H,11-15H2,1H3,(H,23,26). The summed E-state index contributed by atoms with van der Waals surface area (Å²) in [5.74, 6) is -1.12. The molecule has 1 aliphatic heterocycles. The zero-order chi connectivity index (χ0) is 20.8. The first-order valence-corrected chi connectivity index (χ1v) is 9.76. The van der Waals surface area contributed by atoms with Gasteiger partial charge in [-0.3, -0.25) is 9.69 Å². The third-order valence-corrected chi connectivity index (χ3v) is 5.05. The molecule has 7 nitrogen and oxygen atoms in total. The highest BCUT2D eigenvalue weighted by molar-refractivity contribution is 6.43. The molecule has 3 N–H and O–H groups in total. The van der Waals surface area contributed by atoms with Crippen molar-refractivity contribution >= 4 is 24.7 Å². The summed E-state index contributed by atoms with van der Waals surface area (Å²) in [4.78, 5) is 28.2. The van der Waals surface area contributed by atoms with E-state index in [1.54, 1.807) is 9.80 Å². The minimum absolute atomic E-state index is 0.103. The van der Waals surface area contributed by atoms with Crippen molar-refractivity contribution in [3.63, 3.8) is 0 Å². The third-order valence-electron chi connectivity index (χ3n) is 5.05. The van der Waals surface area contributed by atoms with Crippen molar-refractivity contribution in [2.75, 3.05) is 24.5 Å². The maximum atomic E-state index is 12.6. The lowest BCUT2D eigenvalue weighted by atomic mass is 9.76. The van der Waals surface area contributed by atoms with Gasteiger partial charge in [0.15, 0.2) is 0 Å². The van der Waals surface area contributed by atoms with Crippen LogP contribution in [0.15, 0.2) is 54.6 Å². The SMILES string of the molecule is Cc1ccc(CC(NC(=O)CCN2CCN(c3ccccc3)C2=O)B(O)O)cc1. The van der Waals surface area contributed by atoms with Crippen molar-refractivity contribution < 1.29 is 19.6 Å². The number of rotatable bonds is 8. The number of hydrogen-bond donors (Lipinski definition) is 3. The predicted octanol–water partition coefficient (Wildman–Crippen LogP) is 1.37. The maximum absolute atomic E-state index is 12.6. The summed E-state index contributed by atoms with van der Waals surface area (Å²) in [6.45, 7) is 3.39. The fourth-order valence-corrected chi connectivity index (χ4v) is 3.36. The summed E-state index contributed by atoms with van der Waals surface area (Å²) in [7, 11) is -1.66. The quantitative estimate of drug-likeness (QED) is 0.589. The van der Waals surface area contributed by atoms with Gasteiger partial charge in [0.05, 0.1) is 5.94 Å². The second kappa shape index (κ2) is 9.58. The van der Waals surface area contributed by atoms with Crippen molar-refractivity contribution in [3.8, 4) is 0 Å². The number of anilines is 1. The Labute approximate surface area is 171 Å². The zero-order valence-corrected chi connectivity index (χ0v) is 16.5. The summed E-state index contributed by atoms with van der Waals surface area (Å²) in [6.07, 6.45) is 0.416. The van der Waals surface area contributed by atoms with E-state index in [9.17, 15) is 19.6 Å². The molecule has 29 heavy (non-hydrogen) atoms. The second-order valence-corrected chi connectivity index (χ2v) is 7.28. The highest BCUT2D eigenvalue weighted by Crippen LogP contribution is 2.19. The minimum Gasteiger partial charge on any atom is -0.426 e. The molecule has 2 aromatic carbocycles. The number of nitrogens with zero attached hydrogens (tertiary/aromatic N) is 2. The third kappa shape index (κ3) is 5.59. The molecule has 1 aliphatic rings. The van der Waals surface area contributed by atoms with E-state index in [0.717, 1.165) is 16.8 Å². The van der Waals surface area contributed by atoms with Crippen LogP contribution in [0.3, 0.4) is 0 Å². The lowest BCUT2D eigenvalue weighted by molar-refractivity contribution is -0.121. The van der Waals surface area contributed by atoms with Crippen molar-refractivity contribution in [2.24, 2.45) is 0 Å². The molecule has 0 radical (unpaired) electrons. The molecule has 0 aromatic heterocycles. The average molecular weight is 395 g/mol. The Balaban J connectivity index is 1.50. The monoisotopic (exact) mass is 395 g/mol. The Bertz CT molecular complexity index is 830. The number of para-hydroxylation sites is 1. The molecule has 0 spiro atoms. The van der Waals surface area contributed by atoms with Gasteiger partial charge in [0, 0.05) is 31.7 Å². The number of urea groups is 1.